The minimum atomic E-state index is 0.918. The van der Waals surface area contributed by atoms with E-state index in [2.05, 4.69) is 175 Å². The Bertz CT molecular complexity index is 3090. The summed E-state index contributed by atoms with van der Waals surface area (Å²) in [6, 6.07) is 63.8. The highest BCUT2D eigenvalue weighted by Gasteiger charge is 2.22. The van der Waals surface area contributed by atoms with E-state index < -0.39 is 0 Å². The first kappa shape index (κ1) is 28.4. The maximum Gasteiger partial charge on any atom is 0.143 e. The van der Waals surface area contributed by atoms with E-state index in [9.17, 15) is 0 Å². The molecule has 0 aliphatic rings. The fraction of sp³-hybridized carbons (Fsp3) is 0. The van der Waals surface area contributed by atoms with Gasteiger partial charge in [-0.25, -0.2) is 0 Å². The van der Waals surface area contributed by atoms with Crippen LogP contribution in [0.5, 0.6) is 0 Å². The average Bonchev–Trinajstić information content (AvgIpc) is 3.77. The SMILES string of the molecule is c1ccc2cc(N(c3ccc4ccccc4c3)c3cc4c5cccc(-c6cccc7c6oc6ccccc67)c5sc4c4ccccc34)ccc2c1. The van der Waals surface area contributed by atoms with Gasteiger partial charge < -0.3 is 9.32 Å². The first-order valence-electron chi connectivity index (χ1n) is 17.3. The van der Waals surface area contributed by atoms with Crippen molar-refractivity contribution >= 4 is 103 Å². The number of hydrogen-bond acceptors (Lipinski definition) is 3. The van der Waals surface area contributed by atoms with Crippen molar-refractivity contribution in [3.05, 3.63) is 176 Å². The van der Waals surface area contributed by atoms with E-state index in [1.807, 2.05) is 17.4 Å². The molecule has 0 saturated heterocycles. The Hall–Kier alpha value is -6.42. The van der Waals surface area contributed by atoms with Gasteiger partial charge in [0.05, 0.1) is 5.69 Å². The molecule has 11 aromatic rings. The van der Waals surface area contributed by atoms with Gasteiger partial charge in [0.1, 0.15) is 11.2 Å². The standard InChI is InChI=1S/C48H29NOS/c1-3-13-32-27-34(25-23-30(32)11-1)49(35-26-24-31-12-2-4-14-33(31)28-35)44-29-43-42-21-10-20-41(47(42)51-48(43)40-17-6-5-15-36(40)44)39-19-9-18-38-37-16-7-8-22-45(37)50-46(38)39/h1-29H. The predicted octanol–water partition coefficient (Wildman–Crippen LogP) is 14.6. The molecule has 0 aliphatic heterocycles. The first-order valence-corrected chi connectivity index (χ1v) is 18.2. The number of benzene rings is 9. The highest BCUT2D eigenvalue weighted by Crippen LogP contribution is 2.49. The maximum absolute atomic E-state index is 6.54. The number of hydrogen-bond donors (Lipinski definition) is 0. The molecule has 0 radical (unpaired) electrons. The van der Waals surface area contributed by atoms with Crippen LogP contribution < -0.4 is 4.90 Å². The smallest absolute Gasteiger partial charge is 0.143 e. The van der Waals surface area contributed by atoms with Gasteiger partial charge in [0, 0.05) is 64.2 Å². The van der Waals surface area contributed by atoms with E-state index in [1.54, 1.807) is 0 Å². The monoisotopic (exact) mass is 667 g/mol. The first-order chi connectivity index (χ1) is 25.3. The fourth-order valence-electron chi connectivity index (χ4n) is 8.02. The molecule has 51 heavy (non-hydrogen) atoms. The molecule has 2 nitrogen and oxygen atoms in total. The topological polar surface area (TPSA) is 16.4 Å². The summed E-state index contributed by atoms with van der Waals surface area (Å²) in [5.74, 6) is 0. The van der Waals surface area contributed by atoms with Gasteiger partial charge >= 0.3 is 0 Å². The zero-order chi connectivity index (χ0) is 33.5. The second-order valence-corrected chi connectivity index (χ2v) is 14.3. The molecule has 2 aromatic heterocycles. The third-order valence-electron chi connectivity index (χ3n) is 10.4. The molecule has 238 valence electrons. The molecule has 0 saturated carbocycles. The van der Waals surface area contributed by atoms with Gasteiger partial charge in [-0.05, 0) is 57.9 Å². The number of rotatable bonds is 4. The van der Waals surface area contributed by atoms with Crippen LogP contribution in [0.3, 0.4) is 0 Å². The molecule has 0 spiro atoms. The van der Waals surface area contributed by atoms with Crippen LogP contribution in [-0.4, -0.2) is 0 Å². The van der Waals surface area contributed by atoms with Crippen LogP contribution in [0.2, 0.25) is 0 Å². The molecule has 3 heteroatoms. The second-order valence-electron chi connectivity index (χ2n) is 13.3. The third kappa shape index (κ3) is 4.35. The minimum Gasteiger partial charge on any atom is -0.455 e. The second kappa shape index (κ2) is 11.0. The Labute approximate surface area is 298 Å². The Morgan fingerprint density at radius 3 is 1.65 bits per heavy atom. The van der Waals surface area contributed by atoms with Crippen LogP contribution in [-0.2, 0) is 0 Å². The van der Waals surface area contributed by atoms with Gasteiger partial charge in [0.2, 0.25) is 0 Å². The summed E-state index contributed by atoms with van der Waals surface area (Å²) in [5.41, 5.74) is 7.60. The predicted molar refractivity (Wildman–Crippen MR) is 219 cm³/mol. The Kier molecular flexibility index (Phi) is 6.16. The molecule has 2 heterocycles. The summed E-state index contributed by atoms with van der Waals surface area (Å²) in [6.07, 6.45) is 0. The normalized spacial score (nSPS) is 11.9. The van der Waals surface area contributed by atoms with Crippen LogP contribution >= 0.6 is 11.3 Å². The fourth-order valence-corrected chi connectivity index (χ4v) is 9.36. The van der Waals surface area contributed by atoms with Crippen molar-refractivity contribution in [2.75, 3.05) is 4.90 Å². The van der Waals surface area contributed by atoms with Crippen LogP contribution in [0.25, 0.3) is 85.6 Å². The number of furan rings is 1. The highest BCUT2D eigenvalue weighted by atomic mass is 32.1. The summed E-state index contributed by atoms with van der Waals surface area (Å²) in [4.78, 5) is 2.45. The van der Waals surface area contributed by atoms with Crippen molar-refractivity contribution in [1.82, 2.24) is 0 Å². The van der Waals surface area contributed by atoms with Crippen LogP contribution in [0.15, 0.2) is 180 Å². The van der Waals surface area contributed by atoms with E-state index in [0.717, 1.165) is 44.6 Å². The summed E-state index contributed by atoms with van der Waals surface area (Å²) in [6.45, 7) is 0. The van der Waals surface area contributed by atoms with Gasteiger partial charge in [0.25, 0.3) is 0 Å². The lowest BCUT2D eigenvalue weighted by atomic mass is 9.98. The van der Waals surface area contributed by atoms with Crippen molar-refractivity contribution in [3.63, 3.8) is 0 Å². The summed E-state index contributed by atoms with van der Waals surface area (Å²) < 4.78 is 9.10. The van der Waals surface area contributed by atoms with Crippen molar-refractivity contribution in [2.45, 2.75) is 0 Å². The van der Waals surface area contributed by atoms with Gasteiger partial charge in [-0.3, -0.25) is 0 Å². The highest BCUT2D eigenvalue weighted by molar-refractivity contribution is 7.27. The van der Waals surface area contributed by atoms with Crippen molar-refractivity contribution in [2.24, 2.45) is 0 Å². The van der Waals surface area contributed by atoms with Crippen molar-refractivity contribution in [1.29, 1.82) is 0 Å². The van der Waals surface area contributed by atoms with Gasteiger partial charge in [-0.15, -0.1) is 11.3 Å². The van der Waals surface area contributed by atoms with Crippen molar-refractivity contribution in [3.8, 4) is 11.1 Å². The molecule has 0 aliphatic carbocycles. The molecular formula is C48H29NOS. The Morgan fingerprint density at radius 1 is 0.373 bits per heavy atom. The zero-order valence-electron chi connectivity index (χ0n) is 27.5. The molecule has 0 bridgehead atoms. The lowest BCUT2D eigenvalue weighted by Crippen LogP contribution is -2.10. The lowest BCUT2D eigenvalue weighted by Gasteiger charge is -2.28. The number of para-hydroxylation sites is 2. The summed E-state index contributed by atoms with van der Waals surface area (Å²) in [5, 5.41) is 12.2. The molecule has 9 aromatic carbocycles. The summed E-state index contributed by atoms with van der Waals surface area (Å²) >= 11 is 1.88. The van der Waals surface area contributed by atoms with E-state index in [1.165, 1.54) is 58.1 Å². The molecule has 11 rings (SSSR count). The Balaban J connectivity index is 1.20. The van der Waals surface area contributed by atoms with Crippen molar-refractivity contribution < 1.29 is 4.42 Å². The maximum atomic E-state index is 6.54. The Morgan fingerprint density at radius 2 is 0.922 bits per heavy atom. The third-order valence-corrected chi connectivity index (χ3v) is 11.7. The quantitative estimate of drug-likeness (QED) is 0.186. The van der Waals surface area contributed by atoms with E-state index in [-0.39, 0.29) is 0 Å². The van der Waals surface area contributed by atoms with Crippen LogP contribution in [0.1, 0.15) is 0 Å². The zero-order valence-corrected chi connectivity index (χ0v) is 28.3. The number of fused-ring (bicyclic) bond motifs is 10. The van der Waals surface area contributed by atoms with Gasteiger partial charge in [-0.1, -0.05) is 140 Å². The van der Waals surface area contributed by atoms with Crippen LogP contribution in [0.4, 0.5) is 17.1 Å². The largest absolute Gasteiger partial charge is 0.455 e. The molecule has 0 amide bonds. The molecular weight excluding hydrogens is 639 g/mol. The van der Waals surface area contributed by atoms with Gasteiger partial charge in [-0.2, -0.15) is 0 Å². The molecule has 0 unspecified atom stereocenters. The number of anilines is 3. The molecule has 0 fully saturated rings. The van der Waals surface area contributed by atoms with E-state index in [4.69, 9.17) is 4.42 Å². The minimum absolute atomic E-state index is 0.918. The summed E-state index contributed by atoms with van der Waals surface area (Å²) in [7, 11) is 0. The number of nitrogens with zero attached hydrogens (tertiary/aromatic N) is 1. The average molecular weight is 668 g/mol. The molecule has 0 N–H and O–H groups in total. The lowest BCUT2D eigenvalue weighted by molar-refractivity contribution is 0.670. The van der Waals surface area contributed by atoms with Crippen LogP contribution in [0, 0.1) is 0 Å². The number of thiophene rings is 1. The van der Waals surface area contributed by atoms with E-state index >= 15 is 0 Å². The molecule has 0 atom stereocenters. The van der Waals surface area contributed by atoms with Gasteiger partial charge in [0.15, 0.2) is 0 Å². The van der Waals surface area contributed by atoms with E-state index in [0.29, 0.717) is 0 Å².